The van der Waals surface area contributed by atoms with Crippen LogP contribution in [0.5, 0.6) is 11.5 Å². The largest absolute Gasteiger partial charge is 0.506 e. The van der Waals surface area contributed by atoms with Gasteiger partial charge in [-0.05, 0) is 36.4 Å². The van der Waals surface area contributed by atoms with Gasteiger partial charge in [0.15, 0.2) is 5.78 Å². The normalized spacial score (nSPS) is 10.7. The number of aromatic nitrogens is 2. The number of rotatable bonds is 4. The molecule has 4 aromatic rings. The van der Waals surface area contributed by atoms with Crippen molar-refractivity contribution in [2.75, 3.05) is 7.11 Å². The summed E-state index contributed by atoms with van der Waals surface area (Å²) in [4.78, 5) is 20.4. The molecule has 2 aromatic carbocycles. The van der Waals surface area contributed by atoms with Gasteiger partial charge in [0.05, 0.1) is 29.0 Å². The fourth-order valence-electron chi connectivity index (χ4n) is 3.21. The average molecular weight is 438 g/mol. The highest BCUT2D eigenvalue weighted by Crippen LogP contribution is 2.34. The van der Waals surface area contributed by atoms with Crippen LogP contribution in [-0.4, -0.2) is 28.0 Å². The number of benzene rings is 2. The maximum atomic E-state index is 12.9. The third-order valence-corrected chi connectivity index (χ3v) is 5.19. The Hall–Kier alpha value is -3.53. The van der Waals surface area contributed by atoms with E-state index in [-0.39, 0.29) is 32.5 Å². The molecular weight excluding hydrogens is 425 g/mol. The lowest BCUT2D eigenvalue weighted by Gasteiger charge is -2.08. The number of H-pyrrole nitrogens is 1. The number of nitriles is 1. The number of carbonyl (C=O) groups is 1. The van der Waals surface area contributed by atoms with Gasteiger partial charge in [0.1, 0.15) is 17.6 Å². The monoisotopic (exact) mass is 437 g/mol. The zero-order chi connectivity index (χ0) is 21.4. The van der Waals surface area contributed by atoms with Crippen LogP contribution in [0.1, 0.15) is 21.5 Å². The van der Waals surface area contributed by atoms with E-state index in [2.05, 4.69) is 16.0 Å². The molecule has 0 radical (unpaired) electrons. The first-order chi connectivity index (χ1) is 14.4. The number of pyridine rings is 1. The van der Waals surface area contributed by atoms with Crippen LogP contribution in [0.4, 0.5) is 0 Å². The van der Waals surface area contributed by atoms with E-state index in [9.17, 15) is 15.2 Å². The maximum Gasteiger partial charge on any atom is 0.198 e. The standard InChI is InChI=1S/C22H13Cl2N3O3/c1-30-14-2-3-19-15(7-14)17(10-26-19)20-11(8-25)4-12(9-27-20)21(28)16-5-13(23)6-18(24)22(16)29/h2-7,9-10,26,29H,1H3. The van der Waals surface area contributed by atoms with Gasteiger partial charge >= 0.3 is 0 Å². The van der Waals surface area contributed by atoms with Crippen LogP contribution in [0.25, 0.3) is 22.2 Å². The second-order valence-electron chi connectivity index (χ2n) is 6.46. The van der Waals surface area contributed by atoms with Crippen LogP contribution in [0.15, 0.2) is 48.8 Å². The van der Waals surface area contributed by atoms with Gasteiger partial charge in [-0.25, -0.2) is 0 Å². The minimum atomic E-state index is -0.548. The van der Waals surface area contributed by atoms with Gasteiger partial charge in [0.25, 0.3) is 0 Å². The third-order valence-electron chi connectivity index (χ3n) is 4.69. The van der Waals surface area contributed by atoms with Crippen LogP contribution in [0.2, 0.25) is 10.0 Å². The fraction of sp³-hybridized carbons (Fsp3) is 0.0455. The maximum absolute atomic E-state index is 12.9. The third kappa shape index (κ3) is 3.35. The number of ether oxygens (including phenoxy) is 1. The summed E-state index contributed by atoms with van der Waals surface area (Å²) < 4.78 is 5.28. The Morgan fingerprint density at radius 3 is 2.77 bits per heavy atom. The minimum Gasteiger partial charge on any atom is -0.506 e. The first kappa shape index (κ1) is 19.8. The van der Waals surface area contributed by atoms with Crippen molar-refractivity contribution in [3.8, 4) is 28.8 Å². The lowest BCUT2D eigenvalue weighted by atomic mass is 9.99. The summed E-state index contributed by atoms with van der Waals surface area (Å²) in [6.45, 7) is 0. The Morgan fingerprint density at radius 2 is 2.03 bits per heavy atom. The topological polar surface area (TPSA) is 99.0 Å². The van der Waals surface area contributed by atoms with Crippen molar-refractivity contribution in [1.29, 1.82) is 5.26 Å². The van der Waals surface area contributed by atoms with Gasteiger partial charge in [-0.15, -0.1) is 0 Å². The van der Waals surface area contributed by atoms with Crippen molar-refractivity contribution in [2.45, 2.75) is 0 Å². The van der Waals surface area contributed by atoms with Gasteiger partial charge in [0.2, 0.25) is 0 Å². The lowest BCUT2D eigenvalue weighted by molar-refractivity contribution is 0.103. The number of hydrogen-bond donors (Lipinski definition) is 2. The van der Waals surface area contributed by atoms with E-state index in [4.69, 9.17) is 27.9 Å². The molecule has 6 nitrogen and oxygen atoms in total. The van der Waals surface area contributed by atoms with E-state index >= 15 is 0 Å². The van der Waals surface area contributed by atoms with Crippen molar-refractivity contribution >= 4 is 39.9 Å². The van der Waals surface area contributed by atoms with Crippen LogP contribution >= 0.6 is 23.2 Å². The van der Waals surface area contributed by atoms with Gasteiger partial charge in [-0.3, -0.25) is 9.78 Å². The molecule has 0 fully saturated rings. The summed E-state index contributed by atoms with van der Waals surface area (Å²) in [6, 6.07) is 11.7. The molecule has 4 rings (SSSR count). The van der Waals surface area contributed by atoms with Crippen LogP contribution < -0.4 is 4.74 Å². The summed E-state index contributed by atoms with van der Waals surface area (Å²) in [5.41, 5.74) is 2.24. The van der Waals surface area contributed by atoms with Crippen LogP contribution in [0.3, 0.4) is 0 Å². The number of carbonyl (C=O) groups excluding carboxylic acids is 1. The van der Waals surface area contributed by atoms with Crippen LogP contribution in [-0.2, 0) is 0 Å². The molecule has 0 saturated carbocycles. The molecule has 148 valence electrons. The number of nitrogens with zero attached hydrogens (tertiary/aromatic N) is 2. The molecule has 0 amide bonds. The number of aromatic amines is 1. The molecule has 0 atom stereocenters. The van der Waals surface area contributed by atoms with Gasteiger partial charge in [-0.2, -0.15) is 5.26 Å². The number of halogens is 2. The Morgan fingerprint density at radius 1 is 1.23 bits per heavy atom. The number of methoxy groups -OCH3 is 1. The predicted molar refractivity (Wildman–Crippen MR) is 114 cm³/mol. The summed E-state index contributed by atoms with van der Waals surface area (Å²) >= 11 is 11.9. The summed E-state index contributed by atoms with van der Waals surface area (Å²) in [7, 11) is 1.57. The molecular formula is C22H13Cl2N3O3. The molecule has 30 heavy (non-hydrogen) atoms. The quantitative estimate of drug-likeness (QED) is 0.419. The SMILES string of the molecule is COc1ccc2[nH]cc(-c3ncc(C(=O)c4cc(Cl)cc(Cl)c4O)cc3C#N)c2c1. The lowest BCUT2D eigenvalue weighted by Crippen LogP contribution is -2.04. The molecule has 2 heterocycles. The highest BCUT2D eigenvalue weighted by Gasteiger charge is 2.20. The van der Waals surface area contributed by atoms with E-state index in [0.717, 1.165) is 10.9 Å². The minimum absolute atomic E-state index is 0.0383. The van der Waals surface area contributed by atoms with E-state index in [1.807, 2.05) is 18.2 Å². The second-order valence-corrected chi connectivity index (χ2v) is 7.30. The van der Waals surface area contributed by atoms with Gasteiger partial charge in [0, 0.05) is 39.4 Å². The summed E-state index contributed by atoms with van der Waals surface area (Å²) in [6.07, 6.45) is 3.10. The smallest absolute Gasteiger partial charge is 0.198 e. The molecule has 0 saturated heterocycles. The number of aromatic hydroxyl groups is 1. The predicted octanol–water partition coefficient (Wildman–Crippen LogP) is 5.35. The van der Waals surface area contributed by atoms with Gasteiger partial charge in [-0.1, -0.05) is 23.2 Å². The molecule has 0 spiro atoms. The Kier molecular flexibility index (Phi) is 5.08. The molecule has 0 unspecified atom stereocenters. The van der Waals surface area contributed by atoms with E-state index < -0.39 is 5.78 Å². The van der Waals surface area contributed by atoms with Crippen LogP contribution in [0, 0.1) is 11.3 Å². The molecule has 2 N–H and O–H groups in total. The number of nitrogens with one attached hydrogen (secondary N) is 1. The molecule has 2 aromatic heterocycles. The number of fused-ring (bicyclic) bond motifs is 1. The van der Waals surface area contributed by atoms with Crippen molar-refractivity contribution in [3.05, 3.63) is 75.5 Å². The number of hydrogen-bond acceptors (Lipinski definition) is 5. The van der Waals surface area contributed by atoms with Gasteiger partial charge < -0.3 is 14.8 Å². The summed E-state index contributed by atoms with van der Waals surface area (Å²) in [5, 5.41) is 20.8. The van der Waals surface area contributed by atoms with Crippen molar-refractivity contribution in [3.63, 3.8) is 0 Å². The van der Waals surface area contributed by atoms with Crippen molar-refractivity contribution < 1.29 is 14.6 Å². The van der Waals surface area contributed by atoms with Crippen molar-refractivity contribution in [2.24, 2.45) is 0 Å². The Labute approximate surface area is 181 Å². The average Bonchev–Trinajstić information content (AvgIpc) is 3.18. The number of phenols is 1. The van der Waals surface area contributed by atoms with Crippen molar-refractivity contribution in [1.82, 2.24) is 9.97 Å². The molecule has 0 bridgehead atoms. The molecule has 0 aliphatic carbocycles. The molecule has 0 aliphatic rings. The van der Waals surface area contributed by atoms with E-state index in [0.29, 0.717) is 17.0 Å². The Bertz CT molecular complexity index is 1360. The first-order valence-corrected chi connectivity index (χ1v) is 9.47. The first-order valence-electron chi connectivity index (χ1n) is 8.71. The molecule has 0 aliphatic heterocycles. The fourth-order valence-corrected chi connectivity index (χ4v) is 3.70. The van der Waals surface area contributed by atoms with E-state index in [1.54, 1.807) is 13.3 Å². The highest BCUT2D eigenvalue weighted by atomic mass is 35.5. The Balaban J connectivity index is 1.82. The molecule has 8 heteroatoms. The zero-order valence-corrected chi connectivity index (χ0v) is 17.0. The number of phenolic OH excluding ortho intramolecular Hbond substituents is 1. The zero-order valence-electron chi connectivity index (χ0n) is 15.5. The number of ketones is 1. The summed E-state index contributed by atoms with van der Waals surface area (Å²) in [5.74, 6) is -0.257. The second kappa shape index (κ2) is 7.71. The highest BCUT2D eigenvalue weighted by molar-refractivity contribution is 6.36. The van der Waals surface area contributed by atoms with E-state index in [1.165, 1.54) is 24.4 Å².